The zero-order chi connectivity index (χ0) is 18.1. The summed E-state index contributed by atoms with van der Waals surface area (Å²) in [6.07, 6.45) is 3.75. The quantitative estimate of drug-likeness (QED) is 0.330. The Bertz CT molecular complexity index is 661. The van der Waals surface area contributed by atoms with E-state index in [4.69, 9.17) is 0 Å². The number of rotatable bonds is 7. The Morgan fingerprint density at radius 2 is 1.73 bits per heavy atom. The van der Waals surface area contributed by atoms with Gasteiger partial charge in [0, 0.05) is 18.9 Å². The number of hydrogen-bond acceptors (Lipinski definition) is 3. The second-order valence-electron chi connectivity index (χ2n) is 5.98. The van der Waals surface area contributed by atoms with E-state index < -0.39 is 6.10 Å². The van der Waals surface area contributed by atoms with Crippen molar-refractivity contribution in [2.75, 3.05) is 13.1 Å². The minimum Gasteiger partial charge on any atom is -0.386 e. The molecule has 2 rings (SSSR count). The fraction of sp³-hybridized carbons (Fsp3) is 0.400. The van der Waals surface area contributed by atoms with Crippen LogP contribution in [0.2, 0.25) is 0 Å². The van der Waals surface area contributed by atoms with Crippen molar-refractivity contribution >= 4 is 29.9 Å². The molecule has 2 unspecified atom stereocenters. The molecular weight excluding hydrogens is 439 g/mol. The lowest BCUT2D eigenvalue weighted by Crippen LogP contribution is -2.39. The van der Waals surface area contributed by atoms with Crippen molar-refractivity contribution in [2.24, 2.45) is 4.99 Å². The van der Waals surface area contributed by atoms with E-state index in [1.807, 2.05) is 6.92 Å². The lowest BCUT2D eigenvalue weighted by Gasteiger charge is -2.19. The molecule has 0 spiro atoms. The number of nitrogens with one attached hydrogen (secondary N) is 2. The van der Waals surface area contributed by atoms with Gasteiger partial charge in [0.15, 0.2) is 5.96 Å². The van der Waals surface area contributed by atoms with Crippen LogP contribution in [0.15, 0.2) is 53.8 Å². The SMILES string of the molecule is CCNC(=NCC(O)c1ccncc1)NC(C)c1ccc(CC)cc1.I. The maximum Gasteiger partial charge on any atom is 0.191 e. The second kappa shape index (κ2) is 11.9. The van der Waals surface area contributed by atoms with Gasteiger partial charge in [-0.3, -0.25) is 9.98 Å². The van der Waals surface area contributed by atoms with Crippen LogP contribution in [0.3, 0.4) is 0 Å². The molecule has 1 aromatic carbocycles. The van der Waals surface area contributed by atoms with Crippen LogP contribution in [0.25, 0.3) is 0 Å². The second-order valence-corrected chi connectivity index (χ2v) is 5.98. The van der Waals surface area contributed by atoms with Gasteiger partial charge in [-0.05, 0) is 49.1 Å². The van der Waals surface area contributed by atoms with Crippen LogP contribution in [-0.4, -0.2) is 29.1 Å². The zero-order valence-electron chi connectivity index (χ0n) is 15.6. The Kier molecular flexibility index (Phi) is 10.2. The highest BCUT2D eigenvalue weighted by Gasteiger charge is 2.10. The molecule has 0 fully saturated rings. The van der Waals surface area contributed by atoms with E-state index in [-0.39, 0.29) is 30.0 Å². The Labute approximate surface area is 173 Å². The summed E-state index contributed by atoms with van der Waals surface area (Å²) in [4.78, 5) is 8.48. The third-order valence-corrected chi connectivity index (χ3v) is 4.10. The molecule has 6 heteroatoms. The summed E-state index contributed by atoms with van der Waals surface area (Å²) in [6, 6.07) is 12.3. The molecular formula is C20H29IN4O. The molecule has 142 valence electrons. The molecule has 0 aliphatic carbocycles. The maximum absolute atomic E-state index is 10.3. The first-order valence-corrected chi connectivity index (χ1v) is 8.85. The predicted molar refractivity (Wildman–Crippen MR) is 118 cm³/mol. The van der Waals surface area contributed by atoms with Gasteiger partial charge in [0.2, 0.25) is 0 Å². The van der Waals surface area contributed by atoms with Gasteiger partial charge in [-0.2, -0.15) is 0 Å². The normalized spacial score (nSPS) is 13.5. The summed E-state index contributed by atoms with van der Waals surface area (Å²) in [7, 11) is 0. The van der Waals surface area contributed by atoms with Crippen LogP contribution in [0, 0.1) is 0 Å². The van der Waals surface area contributed by atoms with E-state index in [9.17, 15) is 5.11 Å². The van der Waals surface area contributed by atoms with Crippen molar-refractivity contribution in [3.05, 3.63) is 65.5 Å². The fourth-order valence-electron chi connectivity index (χ4n) is 2.52. The van der Waals surface area contributed by atoms with Gasteiger partial charge in [0.1, 0.15) is 0 Å². The highest BCUT2D eigenvalue weighted by atomic mass is 127. The number of aliphatic hydroxyl groups excluding tert-OH is 1. The molecule has 5 nitrogen and oxygen atoms in total. The van der Waals surface area contributed by atoms with Gasteiger partial charge in [-0.1, -0.05) is 31.2 Å². The number of aliphatic hydroxyl groups is 1. The Morgan fingerprint density at radius 3 is 2.31 bits per heavy atom. The summed E-state index contributed by atoms with van der Waals surface area (Å²) in [6.45, 7) is 7.34. The van der Waals surface area contributed by atoms with E-state index >= 15 is 0 Å². The third kappa shape index (κ3) is 6.92. The van der Waals surface area contributed by atoms with Crippen LogP contribution < -0.4 is 10.6 Å². The van der Waals surface area contributed by atoms with E-state index in [1.54, 1.807) is 24.5 Å². The van der Waals surface area contributed by atoms with Crippen molar-refractivity contribution in [3.8, 4) is 0 Å². The van der Waals surface area contributed by atoms with Crippen LogP contribution in [-0.2, 0) is 6.42 Å². The van der Waals surface area contributed by atoms with Gasteiger partial charge >= 0.3 is 0 Å². The Morgan fingerprint density at radius 1 is 1.08 bits per heavy atom. The molecule has 0 bridgehead atoms. The van der Waals surface area contributed by atoms with Crippen LogP contribution in [0.4, 0.5) is 0 Å². The van der Waals surface area contributed by atoms with Crippen molar-refractivity contribution in [1.82, 2.24) is 15.6 Å². The summed E-state index contributed by atoms with van der Waals surface area (Å²) in [5.74, 6) is 0.697. The van der Waals surface area contributed by atoms with Gasteiger partial charge in [-0.15, -0.1) is 24.0 Å². The molecule has 2 aromatic rings. The molecule has 0 saturated carbocycles. The third-order valence-electron chi connectivity index (χ3n) is 4.10. The molecule has 1 heterocycles. The fourth-order valence-corrected chi connectivity index (χ4v) is 2.52. The number of guanidine groups is 1. The highest BCUT2D eigenvalue weighted by molar-refractivity contribution is 14.0. The lowest BCUT2D eigenvalue weighted by atomic mass is 10.1. The molecule has 1 aromatic heterocycles. The number of halogens is 1. The van der Waals surface area contributed by atoms with E-state index in [0.717, 1.165) is 18.5 Å². The maximum atomic E-state index is 10.3. The number of nitrogens with zero attached hydrogens (tertiary/aromatic N) is 2. The van der Waals surface area contributed by atoms with Gasteiger partial charge in [-0.25, -0.2) is 0 Å². The average molecular weight is 468 g/mol. The molecule has 0 aliphatic rings. The molecule has 26 heavy (non-hydrogen) atoms. The minimum atomic E-state index is -0.641. The van der Waals surface area contributed by atoms with E-state index in [0.29, 0.717) is 12.5 Å². The molecule has 0 radical (unpaired) electrons. The van der Waals surface area contributed by atoms with Gasteiger partial charge in [0.25, 0.3) is 0 Å². The topological polar surface area (TPSA) is 69.5 Å². The summed E-state index contributed by atoms with van der Waals surface area (Å²) < 4.78 is 0. The first-order valence-electron chi connectivity index (χ1n) is 8.85. The highest BCUT2D eigenvalue weighted by Crippen LogP contribution is 2.14. The molecule has 0 aliphatic heterocycles. The van der Waals surface area contributed by atoms with E-state index in [2.05, 4.69) is 58.7 Å². The predicted octanol–water partition coefficient (Wildman–Crippen LogP) is 3.61. The van der Waals surface area contributed by atoms with Crippen molar-refractivity contribution in [3.63, 3.8) is 0 Å². The van der Waals surface area contributed by atoms with Gasteiger partial charge < -0.3 is 15.7 Å². The molecule has 2 atom stereocenters. The number of pyridine rings is 1. The number of aromatic nitrogens is 1. The van der Waals surface area contributed by atoms with Crippen LogP contribution >= 0.6 is 24.0 Å². The van der Waals surface area contributed by atoms with Crippen molar-refractivity contribution in [1.29, 1.82) is 0 Å². The first-order chi connectivity index (χ1) is 12.1. The average Bonchev–Trinajstić information content (AvgIpc) is 2.66. The lowest BCUT2D eigenvalue weighted by molar-refractivity contribution is 0.187. The van der Waals surface area contributed by atoms with Crippen molar-refractivity contribution < 1.29 is 5.11 Å². The summed E-state index contributed by atoms with van der Waals surface area (Å²) in [5.41, 5.74) is 3.35. The number of aryl methyl sites for hydroxylation is 1. The summed E-state index contributed by atoms with van der Waals surface area (Å²) >= 11 is 0. The molecule has 3 N–H and O–H groups in total. The van der Waals surface area contributed by atoms with Crippen molar-refractivity contribution in [2.45, 2.75) is 39.3 Å². The number of aliphatic imine (C=N–C) groups is 1. The number of benzene rings is 1. The van der Waals surface area contributed by atoms with Gasteiger partial charge in [0.05, 0.1) is 18.7 Å². The monoisotopic (exact) mass is 468 g/mol. The zero-order valence-corrected chi connectivity index (χ0v) is 18.0. The standard InChI is InChI=1S/C20H28N4O.HI/c1-4-16-6-8-17(9-7-16)15(3)24-20(22-5-2)23-14-19(25)18-10-12-21-13-11-18;/h6-13,15,19,25H,4-5,14H2,1-3H3,(H2,22,23,24);1H. The molecule has 0 amide bonds. The first kappa shape index (κ1) is 22.4. The van der Waals surface area contributed by atoms with E-state index in [1.165, 1.54) is 11.1 Å². The Balaban J connectivity index is 0.00000338. The Hall–Kier alpha value is -1.67. The number of hydrogen-bond donors (Lipinski definition) is 3. The summed E-state index contributed by atoms with van der Waals surface area (Å²) in [5, 5.41) is 16.9. The van der Waals surface area contributed by atoms with Crippen LogP contribution in [0.1, 0.15) is 49.6 Å². The van der Waals surface area contributed by atoms with Crippen LogP contribution in [0.5, 0.6) is 0 Å². The smallest absolute Gasteiger partial charge is 0.191 e. The molecule has 0 saturated heterocycles. The minimum absolute atomic E-state index is 0. The largest absolute Gasteiger partial charge is 0.386 e.